The Labute approximate surface area is 178 Å². The number of fused-ring (bicyclic) bond motifs is 3. The van der Waals surface area contributed by atoms with Crippen LogP contribution in [0.2, 0.25) is 0 Å². The number of thiophene rings is 2. The van der Waals surface area contributed by atoms with Crippen molar-refractivity contribution in [1.82, 2.24) is 9.97 Å². The van der Waals surface area contributed by atoms with Crippen molar-refractivity contribution < 1.29 is 14.3 Å². The topological polar surface area (TPSA) is 101 Å². The standard InChI is InChI=1S/C19H19N3O4S3/c1-9-7-11(18(25)26-2)16(28-9)20-13(23)8-27-19-21-15(24)14-10-5-3-4-6-12(10)29-17(14)22-19/h7H,3-6,8H2,1-2H3,(H,20,23)(H,21,22,24). The molecule has 0 radical (unpaired) electrons. The zero-order chi connectivity index (χ0) is 20.5. The molecule has 0 atom stereocenters. The van der Waals surface area contributed by atoms with Crippen molar-refractivity contribution in [3.05, 3.63) is 37.3 Å². The lowest BCUT2D eigenvalue weighted by molar-refractivity contribution is -0.113. The van der Waals surface area contributed by atoms with Gasteiger partial charge in [-0.2, -0.15) is 0 Å². The van der Waals surface area contributed by atoms with Gasteiger partial charge in [-0.15, -0.1) is 22.7 Å². The third-order valence-corrected chi connectivity index (χ3v) is 7.68. The summed E-state index contributed by atoms with van der Waals surface area (Å²) < 4.78 is 4.75. The van der Waals surface area contributed by atoms with Crippen LogP contribution in [0.4, 0.5) is 5.00 Å². The second kappa shape index (κ2) is 8.29. The van der Waals surface area contributed by atoms with Crippen molar-refractivity contribution in [3.8, 4) is 0 Å². The van der Waals surface area contributed by atoms with E-state index in [1.54, 1.807) is 17.4 Å². The van der Waals surface area contributed by atoms with Gasteiger partial charge in [0, 0.05) is 9.75 Å². The van der Waals surface area contributed by atoms with Gasteiger partial charge in [0.25, 0.3) is 5.56 Å². The minimum atomic E-state index is -0.490. The van der Waals surface area contributed by atoms with Gasteiger partial charge in [-0.25, -0.2) is 9.78 Å². The molecule has 0 aliphatic heterocycles. The smallest absolute Gasteiger partial charge is 0.340 e. The zero-order valence-electron chi connectivity index (χ0n) is 15.9. The van der Waals surface area contributed by atoms with E-state index < -0.39 is 5.97 Å². The summed E-state index contributed by atoms with van der Waals surface area (Å²) in [6.45, 7) is 1.85. The van der Waals surface area contributed by atoms with Crippen molar-refractivity contribution in [2.75, 3.05) is 18.2 Å². The van der Waals surface area contributed by atoms with E-state index in [1.807, 2.05) is 6.92 Å². The number of amides is 1. The molecule has 4 rings (SSSR count). The van der Waals surface area contributed by atoms with Gasteiger partial charge in [-0.05, 0) is 44.2 Å². The Bertz CT molecular complexity index is 1160. The van der Waals surface area contributed by atoms with Crippen LogP contribution in [0.5, 0.6) is 0 Å². The zero-order valence-corrected chi connectivity index (χ0v) is 18.4. The lowest BCUT2D eigenvalue weighted by Crippen LogP contribution is -2.16. The molecule has 0 fully saturated rings. The normalized spacial score (nSPS) is 13.3. The molecule has 0 spiro atoms. The minimum absolute atomic E-state index is 0.0666. The van der Waals surface area contributed by atoms with Crippen LogP contribution in [-0.4, -0.2) is 34.7 Å². The number of methoxy groups -OCH3 is 1. The maximum Gasteiger partial charge on any atom is 0.340 e. The summed E-state index contributed by atoms with van der Waals surface area (Å²) in [7, 11) is 1.30. The summed E-state index contributed by atoms with van der Waals surface area (Å²) in [4.78, 5) is 47.0. The van der Waals surface area contributed by atoms with Crippen LogP contribution in [0.15, 0.2) is 16.0 Å². The van der Waals surface area contributed by atoms with Gasteiger partial charge in [0.1, 0.15) is 9.83 Å². The highest BCUT2D eigenvalue weighted by Gasteiger charge is 2.21. The molecular formula is C19H19N3O4S3. The Morgan fingerprint density at radius 1 is 1.31 bits per heavy atom. The van der Waals surface area contributed by atoms with Crippen molar-refractivity contribution in [3.63, 3.8) is 0 Å². The van der Waals surface area contributed by atoms with Crippen molar-refractivity contribution in [2.24, 2.45) is 0 Å². The number of aromatic amines is 1. The van der Waals surface area contributed by atoms with E-state index in [4.69, 9.17) is 4.74 Å². The SMILES string of the molecule is COC(=O)c1cc(C)sc1NC(=O)CSc1nc2sc3c(c2c(=O)[nH]1)CCCC3. The molecule has 1 aliphatic carbocycles. The third-order valence-electron chi connectivity index (χ3n) is 4.66. The predicted octanol–water partition coefficient (Wildman–Crippen LogP) is 3.75. The van der Waals surface area contributed by atoms with Gasteiger partial charge in [0.05, 0.1) is 23.8 Å². The third kappa shape index (κ3) is 4.10. The molecule has 1 amide bonds. The molecule has 0 saturated carbocycles. The van der Waals surface area contributed by atoms with Crippen LogP contribution in [-0.2, 0) is 22.4 Å². The largest absolute Gasteiger partial charge is 0.465 e. The summed E-state index contributed by atoms with van der Waals surface area (Å²) in [6, 6.07) is 1.69. The number of aromatic nitrogens is 2. The number of esters is 1. The number of hydrogen-bond acceptors (Lipinski definition) is 8. The fourth-order valence-corrected chi connectivity index (χ4v) is 6.27. The average molecular weight is 450 g/mol. The highest BCUT2D eigenvalue weighted by atomic mass is 32.2. The molecule has 0 unspecified atom stereocenters. The fraction of sp³-hybridized carbons (Fsp3) is 0.368. The van der Waals surface area contributed by atoms with Crippen LogP contribution in [0.3, 0.4) is 0 Å². The van der Waals surface area contributed by atoms with Crippen molar-refractivity contribution in [1.29, 1.82) is 0 Å². The number of H-pyrrole nitrogens is 1. The molecule has 2 N–H and O–H groups in total. The first-order chi connectivity index (χ1) is 14.0. The van der Waals surface area contributed by atoms with E-state index in [2.05, 4.69) is 15.3 Å². The maximum atomic E-state index is 12.6. The highest BCUT2D eigenvalue weighted by Crippen LogP contribution is 2.34. The molecule has 10 heteroatoms. The average Bonchev–Trinajstić information content (AvgIpc) is 3.25. The highest BCUT2D eigenvalue weighted by molar-refractivity contribution is 7.99. The Balaban J connectivity index is 1.48. The lowest BCUT2D eigenvalue weighted by Gasteiger charge is -2.09. The van der Waals surface area contributed by atoms with Crippen LogP contribution >= 0.6 is 34.4 Å². The predicted molar refractivity (Wildman–Crippen MR) is 117 cm³/mol. The molecule has 29 heavy (non-hydrogen) atoms. The fourth-order valence-electron chi connectivity index (χ4n) is 3.38. The van der Waals surface area contributed by atoms with Gasteiger partial charge in [0.15, 0.2) is 5.16 Å². The van der Waals surface area contributed by atoms with E-state index in [1.165, 1.54) is 35.1 Å². The number of rotatable bonds is 5. The van der Waals surface area contributed by atoms with Gasteiger partial charge in [-0.1, -0.05) is 11.8 Å². The summed E-state index contributed by atoms with van der Waals surface area (Å²) in [5.41, 5.74) is 1.34. The summed E-state index contributed by atoms with van der Waals surface area (Å²) in [5.74, 6) is -0.706. The Morgan fingerprint density at radius 3 is 2.90 bits per heavy atom. The first-order valence-corrected chi connectivity index (χ1v) is 11.7. The minimum Gasteiger partial charge on any atom is -0.465 e. The molecule has 3 aromatic heterocycles. The molecule has 0 bridgehead atoms. The Morgan fingerprint density at radius 2 is 2.10 bits per heavy atom. The first-order valence-electron chi connectivity index (χ1n) is 9.12. The second-order valence-corrected chi connectivity index (χ2v) is 9.99. The lowest BCUT2D eigenvalue weighted by atomic mass is 9.97. The summed E-state index contributed by atoms with van der Waals surface area (Å²) in [6.07, 6.45) is 4.18. The number of ether oxygens (including phenoxy) is 1. The number of anilines is 1. The molecule has 0 aromatic carbocycles. The van der Waals surface area contributed by atoms with Crippen LogP contribution < -0.4 is 10.9 Å². The number of carbonyl (C=O) groups is 2. The van der Waals surface area contributed by atoms with Gasteiger partial charge in [0.2, 0.25) is 5.91 Å². The van der Waals surface area contributed by atoms with Crippen molar-refractivity contribution >= 4 is 61.5 Å². The van der Waals surface area contributed by atoms with Gasteiger partial charge in [-0.3, -0.25) is 9.59 Å². The number of carbonyl (C=O) groups excluding carboxylic acids is 2. The number of nitrogens with zero attached hydrogens (tertiary/aromatic N) is 1. The van der Waals surface area contributed by atoms with E-state index in [-0.39, 0.29) is 17.2 Å². The van der Waals surface area contributed by atoms with E-state index in [9.17, 15) is 14.4 Å². The van der Waals surface area contributed by atoms with E-state index in [0.29, 0.717) is 21.1 Å². The number of thioether (sulfide) groups is 1. The summed E-state index contributed by atoms with van der Waals surface area (Å²) in [5, 5.41) is 4.34. The molecule has 3 heterocycles. The van der Waals surface area contributed by atoms with Crippen LogP contribution in [0.1, 0.15) is 38.5 Å². The molecule has 0 saturated heterocycles. The first kappa shape index (κ1) is 20.1. The van der Waals surface area contributed by atoms with E-state index in [0.717, 1.165) is 41.0 Å². The van der Waals surface area contributed by atoms with Gasteiger partial charge < -0.3 is 15.0 Å². The van der Waals surface area contributed by atoms with Crippen molar-refractivity contribution in [2.45, 2.75) is 37.8 Å². The van der Waals surface area contributed by atoms with Gasteiger partial charge >= 0.3 is 5.97 Å². The Hall–Kier alpha value is -2.17. The van der Waals surface area contributed by atoms with Crippen LogP contribution in [0.25, 0.3) is 10.2 Å². The molecule has 152 valence electrons. The molecule has 7 nitrogen and oxygen atoms in total. The second-order valence-electron chi connectivity index (χ2n) is 6.69. The number of nitrogens with one attached hydrogen (secondary N) is 2. The van der Waals surface area contributed by atoms with E-state index >= 15 is 0 Å². The number of aryl methyl sites for hydroxylation is 3. The maximum absolute atomic E-state index is 12.6. The molecule has 1 aliphatic rings. The quantitative estimate of drug-likeness (QED) is 0.349. The molecule has 3 aromatic rings. The molecular weight excluding hydrogens is 430 g/mol. The van der Waals surface area contributed by atoms with Crippen LogP contribution in [0, 0.1) is 6.92 Å². The summed E-state index contributed by atoms with van der Waals surface area (Å²) >= 11 is 4.06. The number of hydrogen-bond donors (Lipinski definition) is 2. The Kier molecular flexibility index (Phi) is 5.75. The monoisotopic (exact) mass is 449 g/mol.